The fourth-order valence-corrected chi connectivity index (χ4v) is 0.967. The SMILES string of the molecule is CC.CCC(C)C(CC)OC=O. The van der Waals surface area contributed by atoms with Gasteiger partial charge < -0.3 is 4.74 Å². The number of ether oxygens (including phenoxy) is 1. The third-order valence-electron chi connectivity index (χ3n) is 1.91. The quantitative estimate of drug-likeness (QED) is 0.599. The maximum atomic E-state index is 9.97. The first-order valence-corrected chi connectivity index (χ1v) is 4.85. The zero-order valence-electron chi connectivity index (χ0n) is 8.96. The molecule has 0 N–H and O–H groups in total. The van der Waals surface area contributed by atoms with Crippen LogP contribution >= 0.6 is 0 Å². The first-order chi connectivity index (χ1) is 5.76. The van der Waals surface area contributed by atoms with Gasteiger partial charge in [0.05, 0.1) is 0 Å². The highest BCUT2D eigenvalue weighted by Gasteiger charge is 2.13. The summed E-state index contributed by atoms with van der Waals surface area (Å²) in [4.78, 5) is 9.97. The predicted molar refractivity (Wildman–Crippen MR) is 52.0 cm³/mol. The Morgan fingerprint density at radius 3 is 2.00 bits per heavy atom. The Labute approximate surface area is 76.3 Å². The van der Waals surface area contributed by atoms with Crippen LogP contribution in [0, 0.1) is 5.92 Å². The Hall–Kier alpha value is -0.530. The third-order valence-corrected chi connectivity index (χ3v) is 1.91. The van der Waals surface area contributed by atoms with E-state index in [2.05, 4.69) is 13.8 Å². The van der Waals surface area contributed by atoms with Crippen molar-refractivity contribution in [2.75, 3.05) is 0 Å². The van der Waals surface area contributed by atoms with Crippen LogP contribution in [0.4, 0.5) is 0 Å². The molecule has 0 fully saturated rings. The summed E-state index contributed by atoms with van der Waals surface area (Å²) in [7, 11) is 0. The lowest BCUT2D eigenvalue weighted by Crippen LogP contribution is -2.19. The minimum absolute atomic E-state index is 0.113. The maximum Gasteiger partial charge on any atom is 0.293 e. The first kappa shape index (κ1) is 14.0. The zero-order valence-corrected chi connectivity index (χ0v) is 8.96. The Morgan fingerprint density at radius 2 is 1.75 bits per heavy atom. The van der Waals surface area contributed by atoms with Crippen LogP contribution in [-0.2, 0) is 9.53 Å². The highest BCUT2D eigenvalue weighted by Crippen LogP contribution is 2.13. The molecule has 0 aliphatic carbocycles. The molecule has 2 nitrogen and oxygen atoms in total. The molecule has 0 heterocycles. The molecular weight excluding hydrogens is 152 g/mol. The highest BCUT2D eigenvalue weighted by molar-refractivity contribution is 5.37. The molecule has 0 bridgehead atoms. The van der Waals surface area contributed by atoms with Gasteiger partial charge in [-0.1, -0.05) is 41.0 Å². The molecule has 0 aromatic heterocycles. The molecular formula is C10H22O2. The molecule has 0 saturated carbocycles. The number of carbonyl (C=O) groups is 1. The second kappa shape index (κ2) is 10.5. The van der Waals surface area contributed by atoms with Gasteiger partial charge in [0.15, 0.2) is 0 Å². The summed E-state index contributed by atoms with van der Waals surface area (Å²) in [5.74, 6) is 0.482. The standard InChI is InChI=1S/C8H16O2.C2H6/c1-4-7(3)8(5-2)10-6-9;1-2/h6-8H,4-5H2,1-3H3;1-2H3. The molecule has 2 heteroatoms. The average Bonchev–Trinajstić information content (AvgIpc) is 2.16. The van der Waals surface area contributed by atoms with Gasteiger partial charge in [0.2, 0.25) is 0 Å². The Morgan fingerprint density at radius 1 is 1.25 bits per heavy atom. The molecule has 0 spiro atoms. The van der Waals surface area contributed by atoms with Gasteiger partial charge in [-0.25, -0.2) is 0 Å². The second-order valence-electron chi connectivity index (χ2n) is 2.56. The van der Waals surface area contributed by atoms with Crippen molar-refractivity contribution in [3.63, 3.8) is 0 Å². The van der Waals surface area contributed by atoms with Gasteiger partial charge >= 0.3 is 0 Å². The van der Waals surface area contributed by atoms with Crippen LogP contribution in [0.5, 0.6) is 0 Å². The third kappa shape index (κ3) is 6.20. The average molecular weight is 174 g/mol. The van der Waals surface area contributed by atoms with Crippen LogP contribution in [0.3, 0.4) is 0 Å². The number of hydrogen-bond donors (Lipinski definition) is 0. The number of carbonyl (C=O) groups excluding carboxylic acids is 1. The highest BCUT2D eigenvalue weighted by atomic mass is 16.5. The maximum absolute atomic E-state index is 9.97. The van der Waals surface area contributed by atoms with Crippen LogP contribution in [0.15, 0.2) is 0 Å². The summed E-state index contributed by atoms with van der Waals surface area (Å²) >= 11 is 0. The molecule has 74 valence electrons. The van der Waals surface area contributed by atoms with Gasteiger partial charge in [0.1, 0.15) is 6.10 Å². The molecule has 0 aromatic carbocycles. The fourth-order valence-electron chi connectivity index (χ4n) is 0.967. The number of hydrogen-bond acceptors (Lipinski definition) is 2. The van der Waals surface area contributed by atoms with Gasteiger partial charge in [-0.15, -0.1) is 0 Å². The lowest BCUT2D eigenvalue weighted by Gasteiger charge is -2.18. The summed E-state index contributed by atoms with van der Waals surface area (Å²) in [6.45, 7) is 10.8. The molecule has 0 saturated heterocycles. The molecule has 2 unspecified atom stereocenters. The molecule has 2 atom stereocenters. The minimum Gasteiger partial charge on any atom is -0.464 e. The van der Waals surface area contributed by atoms with E-state index in [1.54, 1.807) is 0 Å². The lowest BCUT2D eigenvalue weighted by molar-refractivity contribution is -0.136. The summed E-state index contributed by atoms with van der Waals surface area (Å²) < 4.78 is 4.86. The van der Waals surface area contributed by atoms with Crippen LogP contribution in [0.25, 0.3) is 0 Å². The zero-order chi connectivity index (χ0) is 9.98. The fraction of sp³-hybridized carbons (Fsp3) is 0.900. The van der Waals surface area contributed by atoms with E-state index in [4.69, 9.17) is 4.74 Å². The van der Waals surface area contributed by atoms with Crippen LogP contribution < -0.4 is 0 Å². The van der Waals surface area contributed by atoms with Gasteiger partial charge in [-0.2, -0.15) is 0 Å². The van der Waals surface area contributed by atoms with Crippen molar-refractivity contribution < 1.29 is 9.53 Å². The van der Waals surface area contributed by atoms with E-state index in [-0.39, 0.29) is 6.10 Å². The van der Waals surface area contributed by atoms with Gasteiger partial charge in [0.25, 0.3) is 6.47 Å². The summed E-state index contributed by atoms with van der Waals surface area (Å²) in [5.41, 5.74) is 0. The van der Waals surface area contributed by atoms with Crippen molar-refractivity contribution in [3.8, 4) is 0 Å². The normalized spacial score (nSPS) is 13.8. The van der Waals surface area contributed by atoms with Crippen molar-refractivity contribution in [3.05, 3.63) is 0 Å². The molecule has 0 aromatic rings. The van der Waals surface area contributed by atoms with E-state index in [0.29, 0.717) is 12.4 Å². The Bertz CT molecular complexity index is 91.8. The van der Waals surface area contributed by atoms with Crippen molar-refractivity contribution in [1.82, 2.24) is 0 Å². The van der Waals surface area contributed by atoms with Crippen molar-refractivity contribution >= 4 is 6.47 Å². The monoisotopic (exact) mass is 174 g/mol. The van der Waals surface area contributed by atoms with E-state index < -0.39 is 0 Å². The second-order valence-corrected chi connectivity index (χ2v) is 2.56. The van der Waals surface area contributed by atoms with E-state index >= 15 is 0 Å². The molecule has 0 radical (unpaired) electrons. The molecule has 0 aliphatic rings. The van der Waals surface area contributed by atoms with E-state index in [0.717, 1.165) is 12.8 Å². The van der Waals surface area contributed by atoms with Crippen molar-refractivity contribution in [1.29, 1.82) is 0 Å². The van der Waals surface area contributed by atoms with Crippen LogP contribution in [0.2, 0.25) is 0 Å². The summed E-state index contributed by atoms with van der Waals surface area (Å²) in [6, 6.07) is 0. The predicted octanol–water partition coefficient (Wildman–Crippen LogP) is 3.01. The summed E-state index contributed by atoms with van der Waals surface area (Å²) in [6.07, 6.45) is 2.09. The molecule has 0 amide bonds. The lowest BCUT2D eigenvalue weighted by atomic mass is 10.0. The smallest absolute Gasteiger partial charge is 0.293 e. The van der Waals surface area contributed by atoms with Crippen molar-refractivity contribution in [2.24, 2.45) is 5.92 Å². The number of rotatable bonds is 5. The van der Waals surface area contributed by atoms with E-state index in [1.165, 1.54) is 0 Å². The van der Waals surface area contributed by atoms with Gasteiger partial charge in [-0.05, 0) is 12.3 Å². The van der Waals surface area contributed by atoms with Crippen LogP contribution in [0.1, 0.15) is 47.5 Å². The van der Waals surface area contributed by atoms with Gasteiger partial charge in [0, 0.05) is 0 Å². The minimum atomic E-state index is 0.113. The molecule has 0 rings (SSSR count). The first-order valence-electron chi connectivity index (χ1n) is 4.85. The summed E-state index contributed by atoms with van der Waals surface area (Å²) in [5, 5.41) is 0. The molecule has 0 aliphatic heterocycles. The Kier molecular flexibility index (Phi) is 12.2. The topological polar surface area (TPSA) is 26.3 Å². The largest absolute Gasteiger partial charge is 0.464 e. The van der Waals surface area contributed by atoms with Crippen molar-refractivity contribution in [2.45, 2.75) is 53.6 Å². The van der Waals surface area contributed by atoms with Crippen LogP contribution in [-0.4, -0.2) is 12.6 Å². The Balaban J connectivity index is 0. The molecule has 12 heavy (non-hydrogen) atoms. The van der Waals surface area contributed by atoms with E-state index in [9.17, 15) is 4.79 Å². The van der Waals surface area contributed by atoms with E-state index in [1.807, 2.05) is 20.8 Å². The van der Waals surface area contributed by atoms with Gasteiger partial charge in [-0.3, -0.25) is 4.79 Å².